The lowest BCUT2D eigenvalue weighted by molar-refractivity contribution is 0.0127. The van der Waals surface area contributed by atoms with Crippen molar-refractivity contribution in [1.29, 1.82) is 0 Å². The van der Waals surface area contributed by atoms with Crippen molar-refractivity contribution < 1.29 is 19.7 Å². The Kier molecular flexibility index (Phi) is 5.91. The molecular formula is C13H19BrN2O4. The third-order valence-corrected chi connectivity index (χ3v) is 2.72. The second-order valence-electron chi connectivity index (χ2n) is 5.33. The van der Waals surface area contributed by atoms with E-state index in [1.54, 1.807) is 33.0 Å². The fourth-order valence-corrected chi connectivity index (χ4v) is 1.81. The van der Waals surface area contributed by atoms with Crippen molar-refractivity contribution >= 4 is 22.0 Å². The molecule has 0 radical (unpaired) electrons. The molecule has 0 bridgehead atoms. The zero-order valence-electron chi connectivity index (χ0n) is 11.6. The first-order valence-corrected chi connectivity index (χ1v) is 6.92. The number of aromatic nitrogens is 1. The Morgan fingerprint density at radius 1 is 1.45 bits per heavy atom. The summed E-state index contributed by atoms with van der Waals surface area (Å²) in [6.45, 7) is 5.10. The van der Waals surface area contributed by atoms with E-state index < -0.39 is 23.9 Å². The molecule has 0 saturated carbocycles. The van der Waals surface area contributed by atoms with Gasteiger partial charge in [-0.2, -0.15) is 0 Å². The summed E-state index contributed by atoms with van der Waals surface area (Å²) in [5.74, 6) is 0. The van der Waals surface area contributed by atoms with Crippen LogP contribution in [-0.4, -0.2) is 39.5 Å². The number of amides is 1. The summed E-state index contributed by atoms with van der Waals surface area (Å²) in [5.41, 5.74) is -0.153. The average molecular weight is 347 g/mol. The number of alkyl carbamates (subject to hydrolysis) is 1. The third-order valence-electron chi connectivity index (χ3n) is 2.29. The van der Waals surface area contributed by atoms with E-state index in [0.29, 0.717) is 10.0 Å². The predicted octanol–water partition coefficient (Wildman–Crippen LogP) is 1.76. The Bertz CT molecular complexity index is 462. The Hall–Kier alpha value is -1.18. The summed E-state index contributed by atoms with van der Waals surface area (Å²) in [6, 6.07) is 1.65. The number of nitrogens with zero attached hydrogens (tertiary/aromatic N) is 1. The van der Waals surface area contributed by atoms with Gasteiger partial charge >= 0.3 is 6.09 Å². The molecule has 1 amide bonds. The molecule has 0 aromatic carbocycles. The van der Waals surface area contributed by atoms with Gasteiger partial charge in [0.1, 0.15) is 17.8 Å². The van der Waals surface area contributed by atoms with Gasteiger partial charge in [0.25, 0.3) is 0 Å². The molecule has 0 saturated heterocycles. The molecule has 0 fully saturated rings. The maximum Gasteiger partial charge on any atom is 0.407 e. The third kappa shape index (κ3) is 5.85. The molecule has 2 atom stereocenters. The monoisotopic (exact) mass is 346 g/mol. The minimum absolute atomic E-state index is 0.122. The molecule has 2 unspecified atom stereocenters. The van der Waals surface area contributed by atoms with E-state index in [0.717, 1.165) is 0 Å². The summed E-state index contributed by atoms with van der Waals surface area (Å²) < 4.78 is 5.73. The SMILES string of the molecule is CC(C)(C)OC(=O)NCC(O)C(O)c1cncc(Br)c1. The standard InChI is InChI=1S/C13H19BrN2O4/c1-13(2,3)20-12(19)16-7-10(17)11(18)8-4-9(14)6-15-5-8/h4-6,10-11,17-18H,7H2,1-3H3,(H,16,19). The van der Waals surface area contributed by atoms with E-state index in [1.165, 1.54) is 6.20 Å². The minimum Gasteiger partial charge on any atom is -0.444 e. The van der Waals surface area contributed by atoms with Gasteiger partial charge in [-0.25, -0.2) is 4.79 Å². The van der Waals surface area contributed by atoms with Crippen LogP contribution in [0.15, 0.2) is 22.9 Å². The summed E-state index contributed by atoms with van der Waals surface area (Å²) in [6.07, 6.45) is 0.0814. The lowest BCUT2D eigenvalue weighted by atomic mass is 10.1. The maximum atomic E-state index is 11.4. The van der Waals surface area contributed by atoms with Crippen molar-refractivity contribution in [3.8, 4) is 0 Å². The summed E-state index contributed by atoms with van der Waals surface area (Å²) in [4.78, 5) is 15.3. The van der Waals surface area contributed by atoms with Crippen LogP contribution in [-0.2, 0) is 4.74 Å². The van der Waals surface area contributed by atoms with Crippen LogP contribution in [0.1, 0.15) is 32.4 Å². The number of hydrogen-bond acceptors (Lipinski definition) is 5. The van der Waals surface area contributed by atoms with Gasteiger partial charge in [-0.1, -0.05) is 0 Å². The van der Waals surface area contributed by atoms with Crippen LogP contribution in [0.3, 0.4) is 0 Å². The normalized spacial score (nSPS) is 14.5. The van der Waals surface area contributed by atoms with Crippen molar-refractivity contribution in [3.05, 3.63) is 28.5 Å². The number of pyridine rings is 1. The van der Waals surface area contributed by atoms with Gasteiger partial charge in [-0.3, -0.25) is 4.98 Å². The highest BCUT2D eigenvalue weighted by atomic mass is 79.9. The summed E-state index contributed by atoms with van der Waals surface area (Å²) in [5, 5.41) is 22.2. The van der Waals surface area contributed by atoms with Crippen LogP contribution in [0.2, 0.25) is 0 Å². The number of carbonyl (C=O) groups excluding carboxylic acids is 1. The molecule has 1 aromatic heterocycles. The molecule has 20 heavy (non-hydrogen) atoms. The zero-order valence-corrected chi connectivity index (χ0v) is 13.2. The lowest BCUT2D eigenvalue weighted by Gasteiger charge is -2.22. The number of nitrogens with one attached hydrogen (secondary N) is 1. The van der Waals surface area contributed by atoms with Gasteiger partial charge in [-0.05, 0) is 42.8 Å². The highest BCUT2D eigenvalue weighted by Gasteiger charge is 2.21. The minimum atomic E-state index is -1.15. The van der Waals surface area contributed by atoms with E-state index >= 15 is 0 Å². The van der Waals surface area contributed by atoms with E-state index in [1.807, 2.05) is 0 Å². The number of aliphatic hydroxyl groups excluding tert-OH is 2. The molecule has 7 heteroatoms. The maximum absolute atomic E-state index is 11.4. The van der Waals surface area contributed by atoms with Crippen molar-refractivity contribution in [2.45, 2.75) is 38.6 Å². The van der Waals surface area contributed by atoms with Gasteiger partial charge in [-0.15, -0.1) is 0 Å². The van der Waals surface area contributed by atoms with Crippen LogP contribution in [0.5, 0.6) is 0 Å². The van der Waals surface area contributed by atoms with Crippen LogP contribution in [0.4, 0.5) is 4.79 Å². The number of ether oxygens (including phenoxy) is 1. The Morgan fingerprint density at radius 3 is 2.65 bits per heavy atom. The van der Waals surface area contributed by atoms with Crippen LogP contribution >= 0.6 is 15.9 Å². The van der Waals surface area contributed by atoms with E-state index in [-0.39, 0.29) is 6.54 Å². The van der Waals surface area contributed by atoms with Crippen molar-refractivity contribution in [3.63, 3.8) is 0 Å². The second-order valence-corrected chi connectivity index (χ2v) is 6.25. The molecule has 0 aliphatic rings. The molecule has 1 rings (SSSR count). The number of carbonyl (C=O) groups is 1. The number of aliphatic hydroxyl groups is 2. The van der Waals surface area contributed by atoms with Crippen molar-refractivity contribution in [1.82, 2.24) is 10.3 Å². The highest BCUT2D eigenvalue weighted by Crippen LogP contribution is 2.19. The fourth-order valence-electron chi connectivity index (χ4n) is 1.43. The molecule has 0 spiro atoms. The molecule has 1 heterocycles. The largest absolute Gasteiger partial charge is 0.444 e. The first kappa shape index (κ1) is 16.9. The summed E-state index contributed by atoms with van der Waals surface area (Å²) in [7, 11) is 0. The van der Waals surface area contributed by atoms with Gasteiger partial charge in [0.05, 0.1) is 0 Å². The topological polar surface area (TPSA) is 91.7 Å². The van der Waals surface area contributed by atoms with E-state index in [2.05, 4.69) is 26.2 Å². The number of rotatable bonds is 4. The van der Waals surface area contributed by atoms with Gasteiger partial charge in [0, 0.05) is 29.0 Å². The zero-order chi connectivity index (χ0) is 15.3. The lowest BCUT2D eigenvalue weighted by Crippen LogP contribution is -2.38. The molecule has 112 valence electrons. The second kappa shape index (κ2) is 7.01. The van der Waals surface area contributed by atoms with Crippen LogP contribution in [0.25, 0.3) is 0 Å². The molecule has 6 nitrogen and oxygen atoms in total. The van der Waals surface area contributed by atoms with Gasteiger partial charge in [0.15, 0.2) is 0 Å². The van der Waals surface area contributed by atoms with Crippen LogP contribution in [0, 0.1) is 0 Å². The van der Waals surface area contributed by atoms with E-state index in [9.17, 15) is 15.0 Å². The smallest absolute Gasteiger partial charge is 0.407 e. The van der Waals surface area contributed by atoms with Crippen molar-refractivity contribution in [2.24, 2.45) is 0 Å². The Morgan fingerprint density at radius 2 is 2.10 bits per heavy atom. The predicted molar refractivity (Wildman–Crippen MR) is 77.1 cm³/mol. The first-order chi connectivity index (χ1) is 9.19. The number of halogens is 1. The van der Waals surface area contributed by atoms with Crippen molar-refractivity contribution in [2.75, 3.05) is 6.54 Å². The Labute approximate surface area is 126 Å². The van der Waals surface area contributed by atoms with Gasteiger partial charge in [0.2, 0.25) is 0 Å². The average Bonchev–Trinajstić information content (AvgIpc) is 2.33. The fraction of sp³-hybridized carbons (Fsp3) is 0.538. The quantitative estimate of drug-likeness (QED) is 0.772. The van der Waals surface area contributed by atoms with Gasteiger partial charge < -0.3 is 20.3 Å². The molecule has 0 aliphatic carbocycles. The summed E-state index contributed by atoms with van der Waals surface area (Å²) >= 11 is 3.23. The molecular weight excluding hydrogens is 328 g/mol. The van der Waals surface area contributed by atoms with E-state index in [4.69, 9.17) is 4.74 Å². The number of hydrogen-bond donors (Lipinski definition) is 3. The first-order valence-electron chi connectivity index (χ1n) is 6.12. The molecule has 3 N–H and O–H groups in total. The van der Waals surface area contributed by atoms with Crippen LogP contribution < -0.4 is 5.32 Å². The molecule has 1 aromatic rings. The molecule has 0 aliphatic heterocycles. The highest BCUT2D eigenvalue weighted by molar-refractivity contribution is 9.10. The Balaban J connectivity index is 2.50.